The van der Waals surface area contributed by atoms with Crippen molar-refractivity contribution in [2.45, 2.75) is 82.0 Å². The molecule has 2 fully saturated rings. The smallest absolute Gasteiger partial charge is 0.223 e. The highest BCUT2D eigenvalue weighted by molar-refractivity contribution is 7.90. The van der Waals surface area contributed by atoms with E-state index in [0.29, 0.717) is 18.8 Å². The van der Waals surface area contributed by atoms with Crippen LogP contribution in [0.15, 0.2) is 24.5 Å². The van der Waals surface area contributed by atoms with E-state index in [4.69, 9.17) is 0 Å². The van der Waals surface area contributed by atoms with Crippen LogP contribution in [0.4, 0.5) is 0 Å². The van der Waals surface area contributed by atoms with E-state index in [0.717, 1.165) is 36.7 Å². The molecule has 0 unspecified atom stereocenters. The van der Waals surface area contributed by atoms with Crippen LogP contribution in [-0.2, 0) is 14.8 Å². The van der Waals surface area contributed by atoms with Crippen molar-refractivity contribution in [2.24, 2.45) is 5.92 Å². The number of nitrogens with zero attached hydrogens (tertiary/aromatic N) is 1. The van der Waals surface area contributed by atoms with Crippen molar-refractivity contribution >= 4 is 27.0 Å². The zero-order valence-electron chi connectivity index (χ0n) is 17.9. The van der Waals surface area contributed by atoms with Crippen molar-refractivity contribution in [3.05, 3.63) is 30.1 Å². The second-order valence-corrected chi connectivity index (χ2v) is 11.9. The molecular weight excluding hydrogens is 400 g/mol. The summed E-state index contributed by atoms with van der Waals surface area (Å²) in [7, 11) is -3.39. The molecule has 0 radical (unpaired) electrons. The van der Waals surface area contributed by atoms with Crippen molar-refractivity contribution in [3.8, 4) is 0 Å². The van der Waals surface area contributed by atoms with Gasteiger partial charge in [-0.3, -0.25) is 4.79 Å². The number of carbonyl (C=O) groups is 1. The van der Waals surface area contributed by atoms with Crippen molar-refractivity contribution in [3.63, 3.8) is 0 Å². The first-order valence-corrected chi connectivity index (χ1v) is 12.4. The van der Waals surface area contributed by atoms with Crippen LogP contribution in [-0.4, -0.2) is 41.1 Å². The van der Waals surface area contributed by atoms with Crippen LogP contribution in [0.5, 0.6) is 0 Å². The molecule has 2 aromatic heterocycles. The molecule has 0 atom stereocenters. The lowest BCUT2D eigenvalue weighted by Crippen LogP contribution is -2.53. The fourth-order valence-electron chi connectivity index (χ4n) is 4.67. The normalized spacial score (nSPS) is 27.6. The summed E-state index contributed by atoms with van der Waals surface area (Å²) in [6.45, 7) is 5.80. The molecule has 0 aliphatic heterocycles. The highest BCUT2D eigenvalue weighted by atomic mass is 32.2. The molecule has 8 heteroatoms. The highest BCUT2D eigenvalue weighted by Crippen LogP contribution is 2.38. The van der Waals surface area contributed by atoms with Gasteiger partial charge >= 0.3 is 0 Å². The molecule has 2 aliphatic carbocycles. The van der Waals surface area contributed by atoms with Gasteiger partial charge in [0.25, 0.3) is 0 Å². The molecule has 1 amide bonds. The summed E-state index contributed by atoms with van der Waals surface area (Å²) in [6, 6.07) is 4.02. The third-order valence-corrected chi connectivity index (χ3v) is 8.31. The van der Waals surface area contributed by atoms with Gasteiger partial charge in [-0.15, -0.1) is 0 Å². The number of amides is 1. The van der Waals surface area contributed by atoms with Crippen LogP contribution >= 0.6 is 0 Å². The maximum Gasteiger partial charge on any atom is 0.223 e. The minimum absolute atomic E-state index is 0.0166. The van der Waals surface area contributed by atoms with Crippen LogP contribution in [0.2, 0.25) is 0 Å². The Kier molecular flexibility index (Phi) is 5.66. The van der Waals surface area contributed by atoms with E-state index in [1.807, 2.05) is 33.0 Å². The molecule has 2 saturated carbocycles. The number of H-pyrrole nitrogens is 1. The monoisotopic (exact) mass is 432 g/mol. The Balaban J connectivity index is 1.28. The van der Waals surface area contributed by atoms with Gasteiger partial charge in [-0.2, -0.15) is 0 Å². The quantitative estimate of drug-likeness (QED) is 0.675. The van der Waals surface area contributed by atoms with E-state index < -0.39 is 15.3 Å². The summed E-state index contributed by atoms with van der Waals surface area (Å²) in [4.78, 5) is 19.8. The third kappa shape index (κ3) is 4.54. The maximum atomic E-state index is 12.8. The summed E-state index contributed by atoms with van der Waals surface area (Å²) >= 11 is 0. The molecule has 0 spiro atoms. The van der Waals surface area contributed by atoms with Crippen LogP contribution in [0.1, 0.15) is 70.8 Å². The Hall–Kier alpha value is -1.93. The van der Waals surface area contributed by atoms with E-state index in [-0.39, 0.29) is 23.4 Å². The number of hydrogen-bond acceptors (Lipinski definition) is 4. The molecule has 0 bridgehead atoms. The van der Waals surface area contributed by atoms with Gasteiger partial charge in [0.2, 0.25) is 15.9 Å². The largest absolute Gasteiger partial charge is 0.351 e. The van der Waals surface area contributed by atoms with Gasteiger partial charge in [-0.25, -0.2) is 18.1 Å². The molecule has 0 saturated heterocycles. The van der Waals surface area contributed by atoms with Crippen LogP contribution in [0.3, 0.4) is 0 Å². The van der Waals surface area contributed by atoms with Gasteiger partial charge in [0.1, 0.15) is 5.65 Å². The molecular formula is C22H32N4O3S. The van der Waals surface area contributed by atoms with Gasteiger partial charge in [0.05, 0.1) is 5.25 Å². The zero-order chi connectivity index (χ0) is 21.5. The Labute approximate surface area is 178 Å². The maximum absolute atomic E-state index is 12.8. The topological polar surface area (TPSA) is 104 Å². The number of nitrogens with one attached hydrogen (secondary N) is 3. The number of aromatic amines is 1. The Morgan fingerprint density at radius 3 is 2.53 bits per heavy atom. The average Bonchev–Trinajstić information content (AvgIpc) is 3.03. The predicted molar refractivity (Wildman–Crippen MR) is 118 cm³/mol. The summed E-state index contributed by atoms with van der Waals surface area (Å²) in [5, 5.41) is 3.65. The Bertz CT molecular complexity index is 1010. The fraction of sp³-hybridized carbons (Fsp3) is 0.636. The van der Waals surface area contributed by atoms with E-state index in [1.165, 1.54) is 5.56 Å². The molecule has 2 heterocycles. The number of pyridine rings is 1. The van der Waals surface area contributed by atoms with Gasteiger partial charge in [-0.05, 0) is 82.9 Å². The summed E-state index contributed by atoms with van der Waals surface area (Å²) in [6.07, 6.45) is 8.22. The summed E-state index contributed by atoms with van der Waals surface area (Å²) < 4.78 is 28.5. The van der Waals surface area contributed by atoms with Crippen LogP contribution in [0, 0.1) is 5.92 Å². The lowest BCUT2D eigenvalue weighted by molar-refractivity contribution is -0.128. The predicted octanol–water partition coefficient (Wildman–Crippen LogP) is 3.20. The second-order valence-electron chi connectivity index (χ2n) is 9.88. The number of hydrogen-bond donors (Lipinski definition) is 3. The molecule has 3 N–H and O–H groups in total. The van der Waals surface area contributed by atoms with E-state index >= 15 is 0 Å². The first-order valence-electron chi connectivity index (χ1n) is 10.9. The molecule has 0 aromatic carbocycles. The van der Waals surface area contributed by atoms with Gasteiger partial charge in [0, 0.05) is 35.3 Å². The molecule has 2 aromatic rings. The van der Waals surface area contributed by atoms with E-state index in [1.54, 1.807) is 6.20 Å². The number of rotatable bonds is 5. The molecule has 7 nitrogen and oxygen atoms in total. The van der Waals surface area contributed by atoms with Crippen molar-refractivity contribution < 1.29 is 13.2 Å². The SMILES string of the molecule is CC(C)(C)NC(=O)C1CC(S(=O)(=O)NC2CCC(c3c[nH]c4ncccc34)CC2)C1. The lowest BCUT2D eigenvalue weighted by Gasteiger charge is -2.37. The van der Waals surface area contributed by atoms with Crippen molar-refractivity contribution in [1.29, 1.82) is 0 Å². The number of sulfonamides is 1. The Morgan fingerprint density at radius 1 is 1.17 bits per heavy atom. The van der Waals surface area contributed by atoms with Crippen LogP contribution in [0.25, 0.3) is 11.0 Å². The number of carbonyl (C=O) groups excluding carboxylic acids is 1. The summed E-state index contributed by atoms with van der Waals surface area (Å²) in [5.41, 5.74) is 1.90. The third-order valence-electron chi connectivity index (χ3n) is 6.38. The van der Waals surface area contributed by atoms with E-state index in [2.05, 4.69) is 26.1 Å². The Morgan fingerprint density at radius 2 is 1.87 bits per heavy atom. The molecule has 4 rings (SSSR count). The van der Waals surface area contributed by atoms with Crippen molar-refractivity contribution in [1.82, 2.24) is 20.0 Å². The van der Waals surface area contributed by atoms with Gasteiger partial charge in [-0.1, -0.05) is 0 Å². The van der Waals surface area contributed by atoms with E-state index in [9.17, 15) is 13.2 Å². The first kappa shape index (κ1) is 21.3. The van der Waals surface area contributed by atoms with Crippen molar-refractivity contribution in [2.75, 3.05) is 0 Å². The second kappa shape index (κ2) is 7.96. The zero-order valence-corrected chi connectivity index (χ0v) is 18.8. The number of fused-ring (bicyclic) bond motifs is 1. The van der Waals surface area contributed by atoms with Crippen LogP contribution < -0.4 is 10.0 Å². The molecule has 30 heavy (non-hydrogen) atoms. The minimum atomic E-state index is -3.39. The highest BCUT2D eigenvalue weighted by Gasteiger charge is 2.43. The summed E-state index contributed by atoms with van der Waals surface area (Å²) in [5.74, 6) is 0.192. The van der Waals surface area contributed by atoms with Gasteiger partial charge < -0.3 is 10.3 Å². The first-order chi connectivity index (χ1) is 14.1. The number of aromatic nitrogens is 2. The fourth-order valence-corrected chi connectivity index (χ4v) is 6.53. The molecule has 2 aliphatic rings. The lowest BCUT2D eigenvalue weighted by atomic mass is 9.82. The van der Waals surface area contributed by atoms with Gasteiger partial charge in [0.15, 0.2) is 0 Å². The average molecular weight is 433 g/mol. The molecule has 164 valence electrons. The minimum Gasteiger partial charge on any atom is -0.351 e. The standard InChI is InChI=1S/C22H32N4O3S/c1-22(2,3)25-21(27)15-11-17(12-15)30(28,29)26-16-8-6-14(7-9-16)19-13-24-20-18(19)5-4-10-23-20/h4-5,10,13-17,26H,6-9,11-12H2,1-3H3,(H,23,24)(H,25,27).